The maximum atomic E-state index is 13.4. The molecule has 228 valence electrons. The number of amides is 3. The highest BCUT2D eigenvalue weighted by atomic mass is 16.2. The summed E-state index contributed by atoms with van der Waals surface area (Å²) in [6.07, 6.45) is 4.52. The zero-order chi connectivity index (χ0) is 30.5. The van der Waals surface area contributed by atoms with Gasteiger partial charge in [0, 0.05) is 13.1 Å². The Bertz CT molecular complexity index is 995. The van der Waals surface area contributed by atoms with Crippen LogP contribution in [0.4, 0.5) is 0 Å². The fourth-order valence-electron chi connectivity index (χ4n) is 3.97. The number of nitrogens with zero attached hydrogens (tertiary/aromatic N) is 2. The second kappa shape index (κ2) is 20.7. The van der Waals surface area contributed by atoms with Gasteiger partial charge in [0.05, 0.1) is 12.5 Å². The molecule has 0 saturated heterocycles. The molecule has 0 aliphatic rings. The summed E-state index contributed by atoms with van der Waals surface area (Å²) in [6.45, 7) is 1.12. The van der Waals surface area contributed by atoms with Crippen molar-refractivity contribution in [1.82, 2.24) is 16.0 Å². The number of nitrogens with two attached hydrogens (primary N) is 5. The number of nitrogens with one attached hydrogen (secondary N) is 3. The molecule has 14 heteroatoms. The lowest BCUT2D eigenvalue weighted by atomic mass is 10.0. The molecule has 13 N–H and O–H groups in total. The van der Waals surface area contributed by atoms with Gasteiger partial charge in [-0.3, -0.25) is 24.4 Å². The first kappa shape index (κ1) is 34.8. The first-order valence-electron chi connectivity index (χ1n) is 13.9. The largest absolute Gasteiger partial charge is 0.370 e. The van der Waals surface area contributed by atoms with Gasteiger partial charge in [0.2, 0.25) is 17.7 Å². The van der Waals surface area contributed by atoms with Gasteiger partial charge in [-0.2, -0.15) is 0 Å². The topological polar surface area (TPSA) is 259 Å². The summed E-state index contributed by atoms with van der Waals surface area (Å²) >= 11 is 0. The van der Waals surface area contributed by atoms with Crippen LogP contribution < -0.4 is 44.6 Å². The number of rotatable bonds is 21. The Labute approximate surface area is 241 Å². The SMILES string of the molecule is NCCCC[C@H](NC(=O)[C@H](CCCCN=C(N)N)NC(=O)Cc1ccccc1)C(=O)N[C@H](C=O)CCCN=C(N)N. The highest BCUT2D eigenvalue weighted by molar-refractivity contribution is 5.93. The van der Waals surface area contributed by atoms with Crippen LogP contribution in [0.3, 0.4) is 0 Å². The molecular weight excluding hydrogens is 528 g/mol. The van der Waals surface area contributed by atoms with Crippen LogP contribution in [0.15, 0.2) is 40.3 Å². The Morgan fingerprint density at radius 3 is 1.88 bits per heavy atom. The van der Waals surface area contributed by atoms with E-state index in [9.17, 15) is 19.2 Å². The Hall–Kier alpha value is -4.20. The molecule has 14 nitrogen and oxygen atoms in total. The van der Waals surface area contributed by atoms with Gasteiger partial charge in [0.15, 0.2) is 11.9 Å². The maximum Gasteiger partial charge on any atom is 0.243 e. The van der Waals surface area contributed by atoms with Crippen molar-refractivity contribution in [3.63, 3.8) is 0 Å². The van der Waals surface area contributed by atoms with Crippen LogP contribution >= 0.6 is 0 Å². The Morgan fingerprint density at radius 1 is 0.732 bits per heavy atom. The smallest absolute Gasteiger partial charge is 0.243 e. The van der Waals surface area contributed by atoms with E-state index >= 15 is 0 Å². The van der Waals surface area contributed by atoms with Crippen LogP contribution in [0.2, 0.25) is 0 Å². The second-order valence-corrected chi connectivity index (χ2v) is 9.63. The third-order valence-electron chi connectivity index (χ3n) is 6.09. The minimum Gasteiger partial charge on any atom is -0.370 e. The standard InChI is InChI=1S/C27H46N10O4/c28-14-6-4-12-22(24(40)35-20(18-38)11-8-16-34-27(31)32)37-25(41)21(13-5-7-15-33-26(29)30)36-23(39)17-19-9-2-1-3-10-19/h1-3,9-10,18,20-22H,4-8,11-17,28H2,(H,35,40)(H,36,39)(H,37,41)(H4,29,30,33)(H4,31,32,34)/t20-,21-,22-/m0/s1. The van der Waals surface area contributed by atoms with Crippen LogP contribution in [-0.2, 0) is 25.6 Å². The molecule has 0 aliphatic heterocycles. The average molecular weight is 575 g/mol. The summed E-state index contributed by atoms with van der Waals surface area (Å²) < 4.78 is 0. The molecule has 1 aromatic carbocycles. The van der Waals surface area contributed by atoms with Crippen molar-refractivity contribution in [2.24, 2.45) is 38.7 Å². The van der Waals surface area contributed by atoms with Gasteiger partial charge in [0.1, 0.15) is 18.4 Å². The number of aliphatic imine (C=N–C) groups is 2. The molecule has 3 atom stereocenters. The van der Waals surface area contributed by atoms with Gasteiger partial charge in [-0.1, -0.05) is 30.3 Å². The first-order chi connectivity index (χ1) is 19.7. The Balaban J connectivity index is 2.93. The zero-order valence-electron chi connectivity index (χ0n) is 23.6. The molecular formula is C27H46N10O4. The lowest BCUT2D eigenvalue weighted by Crippen LogP contribution is -2.55. The second-order valence-electron chi connectivity index (χ2n) is 9.63. The first-order valence-corrected chi connectivity index (χ1v) is 13.9. The highest BCUT2D eigenvalue weighted by Gasteiger charge is 2.27. The number of unbranched alkanes of at least 4 members (excludes halogenated alkanes) is 2. The van der Waals surface area contributed by atoms with Crippen molar-refractivity contribution in [2.45, 2.75) is 75.9 Å². The quantitative estimate of drug-likeness (QED) is 0.0367. The van der Waals surface area contributed by atoms with Crippen molar-refractivity contribution >= 4 is 35.9 Å². The van der Waals surface area contributed by atoms with Gasteiger partial charge in [-0.05, 0) is 63.5 Å². The van der Waals surface area contributed by atoms with Gasteiger partial charge in [-0.15, -0.1) is 0 Å². The van der Waals surface area contributed by atoms with Crippen molar-refractivity contribution in [3.05, 3.63) is 35.9 Å². The van der Waals surface area contributed by atoms with Crippen LogP contribution in [-0.4, -0.2) is 73.7 Å². The number of carbonyl (C=O) groups excluding carboxylic acids is 4. The van der Waals surface area contributed by atoms with Crippen LogP contribution in [0.25, 0.3) is 0 Å². The van der Waals surface area contributed by atoms with E-state index in [-0.39, 0.29) is 24.2 Å². The Morgan fingerprint density at radius 2 is 1.29 bits per heavy atom. The molecule has 0 aliphatic carbocycles. The number of benzene rings is 1. The van der Waals surface area contributed by atoms with E-state index in [0.717, 1.165) is 5.56 Å². The van der Waals surface area contributed by atoms with Gasteiger partial charge in [0.25, 0.3) is 0 Å². The highest BCUT2D eigenvalue weighted by Crippen LogP contribution is 2.08. The molecule has 1 rings (SSSR count). The van der Waals surface area contributed by atoms with Crippen molar-refractivity contribution in [2.75, 3.05) is 19.6 Å². The fraction of sp³-hybridized carbons (Fsp3) is 0.556. The summed E-state index contributed by atoms with van der Waals surface area (Å²) in [5.74, 6) is -1.41. The zero-order valence-corrected chi connectivity index (χ0v) is 23.6. The van der Waals surface area contributed by atoms with Gasteiger partial charge in [-0.25, -0.2) is 0 Å². The molecule has 0 unspecified atom stereocenters. The molecule has 0 fully saturated rings. The molecule has 0 aromatic heterocycles. The minimum atomic E-state index is -0.927. The van der Waals surface area contributed by atoms with Crippen molar-refractivity contribution in [3.8, 4) is 0 Å². The van der Waals surface area contributed by atoms with E-state index in [1.807, 2.05) is 30.3 Å². The van der Waals surface area contributed by atoms with Crippen molar-refractivity contribution < 1.29 is 19.2 Å². The summed E-state index contributed by atoms with van der Waals surface area (Å²) in [6, 6.07) is 6.56. The third kappa shape index (κ3) is 16.5. The molecule has 1 aromatic rings. The van der Waals surface area contributed by atoms with E-state index in [2.05, 4.69) is 25.9 Å². The number of hydrogen-bond acceptors (Lipinski definition) is 7. The lowest BCUT2D eigenvalue weighted by molar-refractivity contribution is -0.132. The lowest BCUT2D eigenvalue weighted by Gasteiger charge is -2.24. The van der Waals surface area contributed by atoms with E-state index < -0.39 is 29.9 Å². The van der Waals surface area contributed by atoms with Crippen LogP contribution in [0.5, 0.6) is 0 Å². The fourth-order valence-corrected chi connectivity index (χ4v) is 3.97. The number of aldehydes is 1. The van der Waals surface area contributed by atoms with E-state index in [1.165, 1.54) is 0 Å². The van der Waals surface area contributed by atoms with E-state index in [0.29, 0.717) is 77.3 Å². The van der Waals surface area contributed by atoms with E-state index in [4.69, 9.17) is 28.7 Å². The molecule has 0 radical (unpaired) electrons. The maximum absolute atomic E-state index is 13.4. The monoisotopic (exact) mass is 574 g/mol. The predicted octanol–water partition coefficient (Wildman–Crippen LogP) is -1.49. The predicted molar refractivity (Wildman–Crippen MR) is 159 cm³/mol. The van der Waals surface area contributed by atoms with E-state index in [1.54, 1.807) is 0 Å². The average Bonchev–Trinajstić information content (AvgIpc) is 2.93. The third-order valence-corrected chi connectivity index (χ3v) is 6.09. The molecule has 0 heterocycles. The summed E-state index contributed by atoms with van der Waals surface area (Å²) in [4.78, 5) is 58.7. The number of carbonyl (C=O) groups is 4. The number of guanidine groups is 2. The number of hydrogen-bond donors (Lipinski definition) is 8. The Kier molecular flexibility index (Phi) is 17.6. The summed E-state index contributed by atoms with van der Waals surface area (Å²) in [7, 11) is 0. The van der Waals surface area contributed by atoms with Crippen LogP contribution in [0, 0.1) is 0 Å². The van der Waals surface area contributed by atoms with Crippen LogP contribution in [0.1, 0.15) is 56.9 Å². The molecule has 0 spiro atoms. The van der Waals surface area contributed by atoms with Gasteiger partial charge < -0.3 is 49.4 Å². The molecule has 3 amide bonds. The van der Waals surface area contributed by atoms with Gasteiger partial charge >= 0.3 is 0 Å². The van der Waals surface area contributed by atoms with Crippen molar-refractivity contribution in [1.29, 1.82) is 0 Å². The molecule has 41 heavy (non-hydrogen) atoms. The summed E-state index contributed by atoms with van der Waals surface area (Å²) in [5.41, 5.74) is 27.8. The summed E-state index contributed by atoms with van der Waals surface area (Å²) in [5, 5.41) is 8.25. The minimum absolute atomic E-state index is 0.0216. The molecule has 0 saturated carbocycles. The normalized spacial score (nSPS) is 12.7. The molecule has 0 bridgehead atoms.